The summed E-state index contributed by atoms with van der Waals surface area (Å²) in [6.07, 6.45) is 2.64. The van der Waals surface area contributed by atoms with Crippen molar-refractivity contribution in [3.8, 4) is 0 Å². The van der Waals surface area contributed by atoms with E-state index in [0.717, 1.165) is 12.8 Å². The van der Waals surface area contributed by atoms with E-state index < -0.39 is 0 Å². The standard InChI is InChI=1S/C7H9ClO2/c8-7(10)4-5-2-1-3-6(5)9/h5H,1-4H2. The third-order valence-electron chi connectivity index (χ3n) is 1.84. The Balaban J connectivity index is 2.40. The zero-order valence-electron chi connectivity index (χ0n) is 5.60. The van der Waals surface area contributed by atoms with Crippen molar-refractivity contribution in [3.63, 3.8) is 0 Å². The van der Waals surface area contributed by atoms with Crippen molar-refractivity contribution in [2.45, 2.75) is 25.7 Å². The topological polar surface area (TPSA) is 34.1 Å². The minimum Gasteiger partial charge on any atom is -0.299 e. The lowest BCUT2D eigenvalue weighted by Gasteiger charge is -2.00. The van der Waals surface area contributed by atoms with Crippen LogP contribution >= 0.6 is 11.6 Å². The summed E-state index contributed by atoms with van der Waals surface area (Å²) >= 11 is 5.13. The van der Waals surface area contributed by atoms with Crippen molar-refractivity contribution in [2.24, 2.45) is 5.92 Å². The van der Waals surface area contributed by atoms with Crippen molar-refractivity contribution >= 4 is 22.6 Å². The summed E-state index contributed by atoms with van der Waals surface area (Å²) in [6.45, 7) is 0. The molecule has 0 spiro atoms. The van der Waals surface area contributed by atoms with Gasteiger partial charge in [0.1, 0.15) is 5.78 Å². The number of hydrogen-bond acceptors (Lipinski definition) is 2. The Bertz CT molecular complexity index is 165. The van der Waals surface area contributed by atoms with Gasteiger partial charge >= 0.3 is 0 Å². The highest BCUT2D eigenvalue weighted by Gasteiger charge is 2.25. The quantitative estimate of drug-likeness (QED) is 0.574. The second kappa shape index (κ2) is 3.15. The van der Waals surface area contributed by atoms with E-state index in [1.54, 1.807) is 0 Å². The summed E-state index contributed by atoms with van der Waals surface area (Å²) in [5, 5.41) is -0.389. The molecule has 0 aliphatic heterocycles. The molecule has 1 aliphatic rings. The molecule has 0 bridgehead atoms. The molecule has 1 aliphatic carbocycles. The first kappa shape index (κ1) is 7.73. The Hall–Kier alpha value is -0.370. The fourth-order valence-corrected chi connectivity index (χ4v) is 1.48. The zero-order valence-corrected chi connectivity index (χ0v) is 6.36. The molecule has 56 valence electrons. The summed E-state index contributed by atoms with van der Waals surface area (Å²) in [4.78, 5) is 21.3. The first-order valence-corrected chi connectivity index (χ1v) is 3.79. The van der Waals surface area contributed by atoms with Crippen LogP contribution in [0, 0.1) is 5.92 Å². The third-order valence-corrected chi connectivity index (χ3v) is 1.99. The fraction of sp³-hybridized carbons (Fsp3) is 0.714. The van der Waals surface area contributed by atoms with Crippen molar-refractivity contribution in [1.29, 1.82) is 0 Å². The maximum atomic E-state index is 10.9. The molecule has 2 nitrogen and oxygen atoms in total. The van der Waals surface area contributed by atoms with Crippen LogP contribution in [0.2, 0.25) is 0 Å². The number of ketones is 1. The molecule has 0 aromatic heterocycles. The van der Waals surface area contributed by atoms with Crippen LogP contribution < -0.4 is 0 Å². The lowest BCUT2D eigenvalue weighted by atomic mass is 10.0. The average molecular weight is 161 g/mol. The van der Waals surface area contributed by atoms with Gasteiger partial charge in [0, 0.05) is 18.8 Å². The highest BCUT2D eigenvalue weighted by molar-refractivity contribution is 6.63. The Kier molecular flexibility index (Phi) is 2.44. The van der Waals surface area contributed by atoms with E-state index in [1.807, 2.05) is 0 Å². The molecule has 0 radical (unpaired) electrons. The van der Waals surface area contributed by atoms with Gasteiger partial charge in [-0.15, -0.1) is 0 Å². The van der Waals surface area contributed by atoms with Crippen molar-refractivity contribution in [1.82, 2.24) is 0 Å². The van der Waals surface area contributed by atoms with E-state index in [-0.39, 0.29) is 23.4 Å². The van der Waals surface area contributed by atoms with Gasteiger partial charge in [-0.1, -0.05) is 0 Å². The molecule has 0 aromatic carbocycles. The predicted octanol–water partition coefficient (Wildman–Crippen LogP) is 1.51. The van der Waals surface area contributed by atoms with Gasteiger partial charge in [-0.05, 0) is 24.4 Å². The second-order valence-electron chi connectivity index (χ2n) is 2.61. The summed E-state index contributed by atoms with van der Waals surface area (Å²) in [6, 6.07) is 0. The second-order valence-corrected chi connectivity index (χ2v) is 3.04. The minimum atomic E-state index is -0.389. The van der Waals surface area contributed by atoms with Crippen molar-refractivity contribution in [3.05, 3.63) is 0 Å². The Labute approximate surface area is 64.5 Å². The maximum Gasteiger partial charge on any atom is 0.222 e. The molecule has 0 saturated heterocycles. The molecule has 0 N–H and O–H groups in total. The molecular weight excluding hydrogens is 152 g/mol. The molecule has 10 heavy (non-hydrogen) atoms. The van der Waals surface area contributed by atoms with E-state index >= 15 is 0 Å². The third kappa shape index (κ3) is 1.81. The molecule has 0 aromatic rings. The number of carbonyl (C=O) groups is 2. The predicted molar refractivity (Wildman–Crippen MR) is 37.8 cm³/mol. The number of hydrogen-bond donors (Lipinski definition) is 0. The molecule has 1 fully saturated rings. The van der Waals surface area contributed by atoms with Crippen LogP contribution in [0.4, 0.5) is 0 Å². The normalized spacial score (nSPS) is 25.3. The van der Waals surface area contributed by atoms with E-state index in [0.29, 0.717) is 6.42 Å². The number of Topliss-reactive ketones (excluding diaryl/α,β-unsaturated/α-hetero) is 1. The highest BCUT2D eigenvalue weighted by atomic mass is 35.5. The fourth-order valence-electron chi connectivity index (χ4n) is 1.30. The smallest absolute Gasteiger partial charge is 0.222 e. The van der Waals surface area contributed by atoms with E-state index in [9.17, 15) is 9.59 Å². The van der Waals surface area contributed by atoms with Crippen LogP contribution in [0.3, 0.4) is 0 Å². The van der Waals surface area contributed by atoms with Crippen LogP contribution in [0.5, 0.6) is 0 Å². The molecule has 1 rings (SSSR count). The van der Waals surface area contributed by atoms with Gasteiger partial charge in [0.15, 0.2) is 0 Å². The number of carbonyl (C=O) groups excluding carboxylic acids is 2. The lowest BCUT2D eigenvalue weighted by molar-refractivity contribution is -0.123. The molecular formula is C7H9ClO2. The van der Waals surface area contributed by atoms with Gasteiger partial charge in [-0.3, -0.25) is 9.59 Å². The van der Waals surface area contributed by atoms with Gasteiger partial charge in [0.2, 0.25) is 5.24 Å². The first-order chi connectivity index (χ1) is 4.70. The van der Waals surface area contributed by atoms with Crippen LogP contribution in [0.25, 0.3) is 0 Å². The number of halogens is 1. The Morgan fingerprint density at radius 1 is 1.70 bits per heavy atom. The number of rotatable bonds is 2. The van der Waals surface area contributed by atoms with Gasteiger partial charge < -0.3 is 0 Å². The molecule has 0 heterocycles. The average Bonchev–Trinajstić information content (AvgIpc) is 2.15. The van der Waals surface area contributed by atoms with Crippen LogP contribution in [0.1, 0.15) is 25.7 Å². The Morgan fingerprint density at radius 3 is 2.80 bits per heavy atom. The van der Waals surface area contributed by atoms with Gasteiger partial charge in [-0.25, -0.2) is 0 Å². The molecule has 1 saturated carbocycles. The monoisotopic (exact) mass is 160 g/mol. The molecule has 3 heteroatoms. The van der Waals surface area contributed by atoms with E-state index in [1.165, 1.54) is 0 Å². The van der Waals surface area contributed by atoms with Crippen molar-refractivity contribution in [2.75, 3.05) is 0 Å². The molecule has 1 atom stereocenters. The maximum absolute atomic E-state index is 10.9. The summed E-state index contributed by atoms with van der Waals surface area (Å²) in [7, 11) is 0. The van der Waals surface area contributed by atoms with Crippen molar-refractivity contribution < 1.29 is 9.59 Å². The summed E-state index contributed by atoms with van der Waals surface area (Å²) in [5.74, 6) is 0.138. The van der Waals surface area contributed by atoms with Crippen LogP contribution in [-0.4, -0.2) is 11.0 Å². The van der Waals surface area contributed by atoms with E-state index in [2.05, 4.69) is 0 Å². The van der Waals surface area contributed by atoms with Crippen LogP contribution in [-0.2, 0) is 9.59 Å². The van der Waals surface area contributed by atoms with Crippen LogP contribution in [0.15, 0.2) is 0 Å². The van der Waals surface area contributed by atoms with Gasteiger partial charge in [-0.2, -0.15) is 0 Å². The molecule has 1 unspecified atom stereocenters. The zero-order chi connectivity index (χ0) is 7.56. The first-order valence-electron chi connectivity index (χ1n) is 3.41. The lowest BCUT2D eigenvalue weighted by Crippen LogP contribution is -2.08. The summed E-state index contributed by atoms with van der Waals surface area (Å²) < 4.78 is 0. The minimum absolute atomic E-state index is 0.0648. The van der Waals surface area contributed by atoms with Gasteiger partial charge in [0.25, 0.3) is 0 Å². The SMILES string of the molecule is O=C(Cl)CC1CCCC1=O. The largest absolute Gasteiger partial charge is 0.299 e. The summed E-state index contributed by atoms with van der Waals surface area (Å²) in [5.41, 5.74) is 0. The van der Waals surface area contributed by atoms with Gasteiger partial charge in [0.05, 0.1) is 0 Å². The molecule has 0 amide bonds. The highest BCUT2D eigenvalue weighted by Crippen LogP contribution is 2.24. The Morgan fingerprint density at radius 2 is 2.40 bits per heavy atom. The van der Waals surface area contributed by atoms with E-state index in [4.69, 9.17) is 11.6 Å².